The lowest BCUT2D eigenvalue weighted by atomic mass is 10.1. The standard InChI is InChI=1S/C11H14N2O2/c1-2-7-15-11(14)10(12)8-9-3-5-13-6-4-9/h2-6,10H,1,7-8,12H2/t10-/m0/s1. The van der Waals surface area contributed by atoms with Gasteiger partial charge < -0.3 is 10.5 Å². The Bertz CT molecular complexity index is 325. The molecule has 0 amide bonds. The third-order valence-corrected chi connectivity index (χ3v) is 1.85. The van der Waals surface area contributed by atoms with E-state index in [9.17, 15) is 4.79 Å². The van der Waals surface area contributed by atoms with E-state index in [4.69, 9.17) is 10.5 Å². The lowest BCUT2D eigenvalue weighted by Crippen LogP contribution is -2.34. The molecule has 0 bridgehead atoms. The van der Waals surface area contributed by atoms with Gasteiger partial charge in [0.1, 0.15) is 12.6 Å². The van der Waals surface area contributed by atoms with E-state index in [1.807, 2.05) is 12.1 Å². The zero-order valence-corrected chi connectivity index (χ0v) is 8.43. The van der Waals surface area contributed by atoms with Gasteiger partial charge in [0, 0.05) is 12.4 Å². The van der Waals surface area contributed by atoms with Crippen molar-refractivity contribution in [3.63, 3.8) is 0 Å². The molecular formula is C11H14N2O2. The number of aromatic nitrogens is 1. The lowest BCUT2D eigenvalue weighted by Gasteiger charge is -2.09. The Morgan fingerprint density at radius 1 is 1.60 bits per heavy atom. The fourth-order valence-corrected chi connectivity index (χ4v) is 1.10. The van der Waals surface area contributed by atoms with Gasteiger partial charge in [-0.25, -0.2) is 0 Å². The zero-order valence-electron chi connectivity index (χ0n) is 8.43. The van der Waals surface area contributed by atoms with Crippen molar-refractivity contribution in [1.29, 1.82) is 0 Å². The lowest BCUT2D eigenvalue weighted by molar-refractivity contribution is -0.143. The summed E-state index contributed by atoms with van der Waals surface area (Å²) in [5.74, 6) is -0.410. The van der Waals surface area contributed by atoms with E-state index in [0.29, 0.717) is 6.42 Å². The number of rotatable bonds is 5. The Morgan fingerprint density at radius 3 is 2.87 bits per heavy atom. The van der Waals surface area contributed by atoms with Gasteiger partial charge in [-0.3, -0.25) is 9.78 Å². The Morgan fingerprint density at radius 2 is 2.27 bits per heavy atom. The maximum Gasteiger partial charge on any atom is 0.323 e. The third kappa shape index (κ3) is 3.91. The van der Waals surface area contributed by atoms with Crippen molar-refractivity contribution in [2.75, 3.05) is 6.61 Å². The van der Waals surface area contributed by atoms with E-state index >= 15 is 0 Å². The quantitative estimate of drug-likeness (QED) is 0.568. The summed E-state index contributed by atoms with van der Waals surface area (Å²) >= 11 is 0. The molecule has 0 radical (unpaired) electrons. The normalized spacial score (nSPS) is 11.8. The van der Waals surface area contributed by atoms with Crippen LogP contribution < -0.4 is 5.73 Å². The van der Waals surface area contributed by atoms with Crippen LogP contribution >= 0.6 is 0 Å². The van der Waals surface area contributed by atoms with Gasteiger partial charge in [-0.2, -0.15) is 0 Å². The van der Waals surface area contributed by atoms with E-state index in [-0.39, 0.29) is 6.61 Å². The molecule has 1 heterocycles. The molecule has 1 aromatic rings. The summed E-state index contributed by atoms with van der Waals surface area (Å²) in [6, 6.07) is 3.01. The maximum atomic E-state index is 11.3. The molecule has 0 aliphatic heterocycles. The summed E-state index contributed by atoms with van der Waals surface area (Å²) in [5, 5.41) is 0. The van der Waals surface area contributed by atoms with Crippen LogP contribution in [0.1, 0.15) is 5.56 Å². The molecule has 0 aromatic carbocycles. The Labute approximate surface area is 88.8 Å². The second-order valence-electron chi connectivity index (χ2n) is 3.08. The monoisotopic (exact) mass is 206 g/mol. The van der Waals surface area contributed by atoms with Crippen molar-refractivity contribution in [3.8, 4) is 0 Å². The van der Waals surface area contributed by atoms with Crippen molar-refractivity contribution < 1.29 is 9.53 Å². The van der Waals surface area contributed by atoms with Gasteiger partial charge >= 0.3 is 5.97 Å². The molecule has 0 unspecified atom stereocenters. The van der Waals surface area contributed by atoms with Crippen molar-refractivity contribution in [1.82, 2.24) is 4.98 Å². The smallest absolute Gasteiger partial charge is 0.323 e. The van der Waals surface area contributed by atoms with E-state index in [2.05, 4.69) is 11.6 Å². The van der Waals surface area contributed by atoms with Crippen LogP contribution in [0.15, 0.2) is 37.2 Å². The molecule has 80 valence electrons. The fraction of sp³-hybridized carbons (Fsp3) is 0.273. The van der Waals surface area contributed by atoms with Crippen LogP contribution in [0, 0.1) is 0 Å². The van der Waals surface area contributed by atoms with Crippen LogP contribution in [0.2, 0.25) is 0 Å². The van der Waals surface area contributed by atoms with Gasteiger partial charge in [0.2, 0.25) is 0 Å². The molecule has 1 rings (SSSR count). The number of hydrogen-bond donors (Lipinski definition) is 1. The van der Waals surface area contributed by atoms with Crippen LogP contribution in [0.25, 0.3) is 0 Å². The van der Waals surface area contributed by atoms with E-state index < -0.39 is 12.0 Å². The van der Waals surface area contributed by atoms with Gasteiger partial charge in [0.25, 0.3) is 0 Å². The maximum absolute atomic E-state index is 11.3. The van der Waals surface area contributed by atoms with Crippen LogP contribution in [-0.4, -0.2) is 23.6 Å². The second kappa shape index (κ2) is 5.93. The highest BCUT2D eigenvalue weighted by molar-refractivity contribution is 5.75. The second-order valence-corrected chi connectivity index (χ2v) is 3.08. The van der Waals surface area contributed by atoms with Crippen molar-refractivity contribution >= 4 is 5.97 Å². The number of pyridine rings is 1. The molecule has 4 nitrogen and oxygen atoms in total. The van der Waals surface area contributed by atoms with Crippen LogP contribution in [0.4, 0.5) is 0 Å². The molecule has 0 saturated carbocycles. The highest BCUT2D eigenvalue weighted by atomic mass is 16.5. The number of carbonyl (C=O) groups excluding carboxylic acids is 1. The SMILES string of the molecule is C=CCOC(=O)[C@@H](N)Cc1ccncc1. The molecular weight excluding hydrogens is 192 g/mol. The minimum absolute atomic E-state index is 0.197. The molecule has 0 spiro atoms. The van der Waals surface area contributed by atoms with Crippen LogP contribution in [-0.2, 0) is 16.0 Å². The average molecular weight is 206 g/mol. The molecule has 0 aliphatic carbocycles. The fourth-order valence-electron chi connectivity index (χ4n) is 1.10. The topological polar surface area (TPSA) is 65.2 Å². The third-order valence-electron chi connectivity index (χ3n) is 1.85. The molecule has 1 aromatic heterocycles. The number of nitrogens with zero attached hydrogens (tertiary/aromatic N) is 1. The molecule has 1 atom stereocenters. The molecule has 0 aliphatic rings. The first kappa shape index (κ1) is 11.4. The minimum atomic E-state index is -0.632. The van der Waals surface area contributed by atoms with Gasteiger partial charge in [0.15, 0.2) is 0 Å². The van der Waals surface area contributed by atoms with Crippen molar-refractivity contribution in [2.24, 2.45) is 5.73 Å². The summed E-state index contributed by atoms with van der Waals surface area (Å²) < 4.78 is 4.83. The van der Waals surface area contributed by atoms with Crippen LogP contribution in [0.5, 0.6) is 0 Å². The summed E-state index contributed by atoms with van der Waals surface area (Å²) in [4.78, 5) is 15.2. The summed E-state index contributed by atoms with van der Waals surface area (Å²) in [6.45, 7) is 3.65. The Hall–Kier alpha value is -1.68. The number of esters is 1. The van der Waals surface area contributed by atoms with E-state index in [0.717, 1.165) is 5.56 Å². The predicted molar refractivity (Wildman–Crippen MR) is 57.1 cm³/mol. The number of carbonyl (C=O) groups is 1. The molecule has 15 heavy (non-hydrogen) atoms. The highest BCUT2D eigenvalue weighted by Gasteiger charge is 2.14. The summed E-state index contributed by atoms with van der Waals surface area (Å²) in [5.41, 5.74) is 6.63. The van der Waals surface area contributed by atoms with E-state index in [1.54, 1.807) is 12.4 Å². The largest absolute Gasteiger partial charge is 0.460 e. The van der Waals surface area contributed by atoms with Gasteiger partial charge in [-0.05, 0) is 24.1 Å². The molecule has 4 heteroatoms. The van der Waals surface area contributed by atoms with E-state index in [1.165, 1.54) is 6.08 Å². The van der Waals surface area contributed by atoms with Crippen molar-refractivity contribution in [3.05, 3.63) is 42.7 Å². The minimum Gasteiger partial charge on any atom is -0.460 e. The Kier molecular flexibility index (Phi) is 4.50. The van der Waals surface area contributed by atoms with Gasteiger partial charge in [0.05, 0.1) is 0 Å². The molecule has 2 N–H and O–H groups in total. The number of nitrogens with two attached hydrogens (primary N) is 1. The summed E-state index contributed by atoms with van der Waals surface area (Å²) in [6.07, 6.45) is 5.30. The summed E-state index contributed by atoms with van der Waals surface area (Å²) in [7, 11) is 0. The first-order valence-corrected chi connectivity index (χ1v) is 4.66. The number of hydrogen-bond acceptors (Lipinski definition) is 4. The van der Waals surface area contributed by atoms with Gasteiger partial charge in [-0.15, -0.1) is 0 Å². The Balaban J connectivity index is 2.45. The highest BCUT2D eigenvalue weighted by Crippen LogP contribution is 2.01. The first-order chi connectivity index (χ1) is 7.24. The average Bonchev–Trinajstić information content (AvgIpc) is 2.27. The van der Waals surface area contributed by atoms with Gasteiger partial charge in [-0.1, -0.05) is 12.7 Å². The van der Waals surface area contributed by atoms with Crippen LogP contribution in [0.3, 0.4) is 0 Å². The molecule has 0 saturated heterocycles. The number of ether oxygens (including phenoxy) is 1. The zero-order chi connectivity index (χ0) is 11.1. The molecule has 0 fully saturated rings. The first-order valence-electron chi connectivity index (χ1n) is 4.66. The van der Waals surface area contributed by atoms with Crippen molar-refractivity contribution in [2.45, 2.75) is 12.5 Å². The predicted octanol–water partition coefficient (Wildman–Crippen LogP) is 0.681.